The van der Waals surface area contributed by atoms with Gasteiger partial charge in [0.25, 0.3) is 0 Å². The van der Waals surface area contributed by atoms with Gasteiger partial charge in [0.15, 0.2) is 0 Å². The number of carbonyl (C=O) groups excluding carboxylic acids is 1. The highest BCUT2D eigenvalue weighted by Gasteiger charge is 2.34. The molecule has 6 nitrogen and oxygen atoms in total. The molecule has 104 valence electrons. The van der Waals surface area contributed by atoms with Crippen molar-refractivity contribution in [1.29, 1.82) is 0 Å². The lowest BCUT2D eigenvalue weighted by molar-refractivity contribution is -0.143. The van der Waals surface area contributed by atoms with Crippen LogP contribution in [0.5, 0.6) is 0 Å². The zero-order valence-electron chi connectivity index (χ0n) is 11.2. The topological polar surface area (TPSA) is 87.7 Å². The van der Waals surface area contributed by atoms with Crippen LogP contribution in [-0.4, -0.2) is 41.9 Å². The highest BCUT2D eigenvalue weighted by molar-refractivity contribution is 5.85. The standard InChI is InChI=1S/C12H22N2O4/c1-4-12(3,10(15)16)14-11(17)13-9-5-6-18-7-8(9)2/h8-9H,4-7H2,1-3H3,(H,15,16)(H2,13,14,17). The number of rotatable bonds is 4. The van der Waals surface area contributed by atoms with Crippen LogP contribution in [0.15, 0.2) is 0 Å². The zero-order chi connectivity index (χ0) is 13.8. The molecular weight excluding hydrogens is 236 g/mol. The minimum Gasteiger partial charge on any atom is -0.480 e. The van der Waals surface area contributed by atoms with Crippen LogP contribution in [0.1, 0.15) is 33.6 Å². The van der Waals surface area contributed by atoms with Crippen molar-refractivity contribution in [2.45, 2.75) is 45.2 Å². The van der Waals surface area contributed by atoms with Crippen LogP contribution < -0.4 is 10.6 Å². The lowest BCUT2D eigenvalue weighted by Crippen LogP contribution is -2.57. The molecule has 6 heteroatoms. The Bertz CT molecular complexity index is 321. The number of carboxylic acid groups (broad SMARTS) is 1. The molecule has 0 saturated carbocycles. The van der Waals surface area contributed by atoms with Crippen molar-refractivity contribution >= 4 is 12.0 Å². The summed E-state index contributed by atoms with van der Waals surface area (Å²) in [7, 11) is 0. The second-order valence-corrected chi connectivity index (χ2v) is 5.04. The molecule has 18 heavy (non-hydrogen) atoms. The van der Waals surface area contributed by atoms with Gasteiger partial charge in [0.05, 0.1) is 6.61 Å². The molecule has 1 rings (SSSR count). The fourth-order valence-electron chi connectivity index (χ4n) is 1.84. The summed E-state index contributed by atoms with van der Waals surface area (Å²) in [6.07, 6.45) is 1.09. The third-order valence-electron chi connectivity index (χ3n) is 3.53. The number of ether oxygens (including phenoxy) is 1. The third-order valence-corrected chi connectivity index (χ3v) is 3.53. The Morgan fingerprint density at radius 2 is 2.17 bits per heavy atom. The second kappa shape index (κ2) is 6.04. The first kappa shape index (κ1) is 14.8. The van der Waals surface area contributed by atoms with Crippen LogP contribution in [-0.2, 0) is 9.53 Å². The molecule has 1 heterocycles. The van der Waals surface area contributed by atoms with Gasteiger partial charge in [-0.2, -0.15) is 0 Å². The molecule has 3 N–H and O–H groups in total. The van der Waals surface area contributed by atoms with E-state index in [1.54, 1.807) is 6.92 Å². The largest absolute Gasteiger partial charge is 0.480 e. The number of hydrogen-bond acceptors (Lipinski definition) is 3. The predicted molar refractivity (Wildman–Crippen MR) is 66.4 cm³/mol. The monoisotopic (exact) mass is 258 g/mol. The smallest absolute Gasteiger partial charge is 0.329 e. The average molecular weight is 258 g/mol. The van der Waals surface area contributed by atoms with Gasteiger partial charge in [0.2, 0.25) is 0 Å². The van der Waals surface area contributed by atoms with Crippen LogP contribution >= 0.6 is 0 Å². The highest BCUT2D eigenvalue weighted by Crippen LogP contribution is 2.14. The molecular formula is C12H22N2O4. The van der Waals surface area contributed by atoms with E-state index in [-0.39, 0.29) is 12.0 Å². The van der Waals surface area contributed by atoms with Crippen LogP contribution in [0.4, 0.5) is 4.79 Å². The summed E-state index contributed by atoms with van der Waals surface area (Å²) in [4.78, 5) is 22.9. The number of urea groups is 1. The average Bonchev–Trinajstić information content (AvgIpc) is 2.31. The van der Waals surface area contributed by atoms with Gasteiger partial charge in [-0.3, -0.25) is 0 Å². The maximum atomic E-state index is 11.8. The van der Waals surface area contributed by atoms with Crippen molar-refractivity contribution in [2.24, 2.45) is 5.92 Å². The lowest BCUT2D eigenvalue weighted by Gasteiger charge is -2.31. The lowest BCUT2D eigenvalue weighted by atomic mass is 9.97. The summed E-state index contributed by atoms with van der Waals surface area (Å²) in [6, 6.07) is -0.394. The Morgan fingerprint density at radius 1 is 1.50 bits per heavy atom. The van der Waals surface area contributed by atoms with Crippen molar-refractivity contribution in [3.8, 4) is 0 Å². The fraction of sp³-hybridized carbons (Fsp3) is 0.833. The predicted octanol–water partition coefficient (Wildman–Crippen LogP) is 0.964. The van der Waals surface area contributed by atoms with E-state index in [0.717, 1.165) is 6.42 Å². The van der Waals surface area contributed by atoms with E-state index < -0.39 is 17.5 Å². The molecule has 1 aliphatic heterocycles. The van der Waals surface area contributed by atoms with Gasteiger partial charge in [0, 0.05) is 12.6 Å². The van der Waals surface area contributed by atoms with Crippen molar-refractivity contribution < 1.29 is 19.4 Å². The van der Waals surface area contributed by atoms with Gasteiger partial charge < -0.3 is 20.5 Å². The van der Waals surface area contributed by atoms with Gasteiger partial charge in [0.1, 0.15) is 5.54 Å². The molecule has 3 atom stereocenters. The maximum absolute atomic E-state index is 11.8. The van der Waals surface area contributed by atoms with Crippen molar-refractivity contribution in [1.82, 2.24) is 10.6 Å². The SMILES string of the molecule is CCC(C)(NC(=O)NC1CCOCC1C)C(=O)O. The Kier molecular flexibility index (Phi) is 4.95. The maximum Gasteiger partial charge on any atom is 0.329 e. The van der Waals surface area contributed by atoms with E-state index in [2.05, 4.69) is 10.6 Å². The summed E-state index contributed by atoms with van der Waals surface area (Å²) >= 11 is 0. The van der Waals surface area contributed by atoms with Crippen molar-refractivity contribution in [3.05, 3.63) is 0 Å². The van der Waals surface area contributed by atoms with E-state index in [0.29, 0.717) is 19.6 Å². The summed E-state index contributed by atoms with van der Waals surface area (Å²) in [5, 5.41) is 14.4. The second-order valence-electron chi connectivity index (χ2n) is 5.04. The Labute approximate surface area is 107 Å². The van der Waals surface area contributed by atoms with E-state index in [9.17, 15) is 9.59 Å². The number of aliphatic carboxylic acids is 1. The first-order valence-electron chi connectivity index (χ1n) is 6.29. The van der Waals surface area contributed by atoms with Crippen LogP contribution in [0.2, 0.25) is 0 Å². The van der Waals surface area contributed by atoms with E-state index in [4.69, 9.17) is 9.84 Å². The van der Waals surface area contributed by atoms with Gasteiger partial charge in [-0.15, -0.1) is 0 Å². The third kappa shape index (κ3) is 3.60. The summed E-state index contributed by atoms with van der Waals surface area (Å²) < 4.78 is 5.29. The Morgan fingerprint density at radius 3 is 2.67 bits per heavy atom. The molecule has 1 saturated heterocycles. The number of amides is 2. The quantitative estimate of drug-likeness (QED) is 0.701. The van der Waals surface area contributed by atoms with E-state index >= 15 is 0 Å². The first-order valence-corrected chi connectivity index (χ1v) is 6.29. The minimum absolute atomic E-state index is 0.0358. The normalized spacial score (nSPS) is 27.1. The molecule has 0 aliphatic carbocycles. The molecule has 2 amide bonds. The van der Waals surface area contributed by atoms with Crippen LogP contribution in [0, 0.1) is 5.92 Å². The Hall–Kier alpha value is -1.30. The Balaban J connectivity index is 2.52. The van der Waals surface area contributed by atoms with E-state index in [1.165, 1.54) is 6.92 Å². The molecule has 0 aromatic rings. The number of carboxylic acids is 1. The molecule has 0 aromatic carbocycles. The summed E-state index contributed by atoms with van der Waals surface area (Å²) in [5.41, 5.74) is -1.22. The minimum atomic E-state index is -1.22. The summed E-state index contributed by atoms with van der Waals surface area (Å²) in [5.74, 6) is -0.789. The summed E-state index contributed by atoms with van der Waals surface area (Å²) in [6.45, 7) is 6.47. The first-order chi connectivity index (χ1) is 8.39. The van der Waals surface area contributed by atoms with E-state index in [1.807, 2.05) is 6.92 Å². The molecule has 1 fully saturated rings. The van der Waals surface area contributed by atoms with Gasteiger partial charge >= 0.3 is 12.0 Å². The highest BCUT2D eigenvalue weighted by atomic mass is 16.5. The van der Waals surface area contributed by atoms with Crippen molar-refractivity contribution in [2.75, 3.05) is 13.2 Å². The molecule has 0 aromatic heterocycles. The molecule has 0 bridgehead atoms. The number of nitrogens with one attached hydrogen (secondary N) is 2. The molecule has 3 unspecified atom stereocenters. The van der Waals surface area contributed by atoms with Crippen molar-refractivity contribution in [3.63, 3.8) is 0 Å². The number of hydrogen-bond donors (Lipinski definition) is 3. The van der Waals surface area contributed by atoms with Crippen LogP contribution in [0.3, 0.4) is 0 Å². The van der Waals surface area contributed by atoms with Crippen LogP contribution in [0.25, 0.3) is 0 Å². The van der Waals surface area contributed by atoms with Gasteiger partial charge in [-0.1, -0.05) is 13.8 Å². The molecule has 0 radical (unpaired) electrons. The van der Waals surface area contributed by atoms with Gasteiger partial charge in [-0.05, 0) is 25.7 Å². The van der Waals surface area contributed by atoms with Gasteiger partial charge in [-0.25, -0.2) is 9.59 Å². The number of carbonyl (C=O) groups is 2. The fourth-order valence-corrected chi connectivity index (χ4v) is 1.84. The molecule has 0 spiro atoms. The molecule has 1 aliphatic rings. The zero-order valence-corrected chi connectivity index (χ0v) is 11.2.